The van der Waals surface area contributed by atoms with Crippen molar-refractivity contribution in [3.63, 3.8) is 0 Å². The normalized spacial score (nSPS) is 12.4. The summed E-state index contributed by atoms with van der Waals surface area (Å²) in [6.07, 6.45) is 0. The Morgan fingerprint density at radius 2 is 0.755 bits per heavy atom. The van der Waals surface area contributed by atoms with E-state index in [1.165, 1.54) is 60.5 Å². The third kappa shape index (κ3) is 4.61. The Hall–Kier alpha value is -6.84. The summed E-state index contributed by atoms with van der Waals surface area (Å²) in [5.41, 5.74) is 13.1. The first-order chi connectivity index (χ1) is 26.3. The highest BCUT2D eigenvalue weighted by atomic mass is 16.5. The minimum absolute atomic E-state index is 0.00707. The molecule has 2 aliphatic rings. The number of rotatable bonds is 4. The second-order valence-electron chi connectivity index (χ2n) is 13.9. The quantitative estimate of drug-likeness (QED) is 0.137. The molecule has 0 bridgehead atoms. The van der Waals surface area contributed by atoms with E-state index >= 15 is 0 Å². The van der Waals surface area contributed by atoms with E-state index in [0.29, 0.717) is 0 Å². The smallest absolute Gasteiger partial charge is 0.260 e. The van der Waals surface area contributed by atoms with E-state index < -0.39 is 0 Å². The lowest BCUT2D eigenvalue weighted by Gasteiger charge is -2.33. The van der Waals surface area contributed by atoms with Gasteiger partial charge in [-0.05, 0) is 101 Å². The van der Waals surface area contributed by atoms with Crippen molar-refractivity contribution >= 4 is 44.6 Å². The summed E-state index contributed by atoms with van der Waals surface area (Å²) in [6, 6.07) is 67.5. The van der Waals surface area contributed by atoms with E-state index in [1.807, 2.05) is 24.3 Å². The van der Waals surface area contributed by atoms with Crippen molar-refractivity contribution in [2.75, 3.05) is 0 Å². The average molecular weight is 675 g/mol. The molecule has 0 aromatic heterocycles. The molecule has 2 nitrogen and oxygen atoms in total. The molecule has 246 valence electrons. The molecule has 0 atom stereocenters. The van der Waals surface area contributed by atoms with Gasteiger partial charge in [-0.15, -0.1) is 0 Å². The van der Waals surface area contributed by atoms with E-state index in [2.05, 4.69) is 164 Å². The van der Waals surface area contributed by atoms with Crippen LogP contribution in [0, 0.1) is 0 Å². The van der Waals surface area contributed by atoms with Crippen molar-refractivity contribution in [1.82, 2.24) is 0 Å². The molecule has 9 aromatic carbocycles. The summed E-state index contributed by atoms with van der Waals surface area (Å²) in [7, 11) is 0. The predicted molar refractivity (Wildman–Crippen MR) is 221 cm³/mol. The van der Waals surface area contributed by atoms with Gasteiger partial charge in [0.25, 0.3) is 6.71 Å². The van der Waals surface area contributed by atoms with Crippen molar-refractivity contribution in [2.45, 2.75) is 0 Å². The van der Waals surface area contributed by atoms with Gasteiger partial charge in [-0.1, -0.05) is 164 Å². The summed E-state index contributed by atoms with van der Waals surface area (Å²) < 4.78 is 13.0. The van der Waals surface area contributed by atoms with Gasteiger partial charge in [0.1, 0.15) is 23.0 Å². The molecule has 9 aromatic rings. The Kier molecular flexibility index (Phi) is 6.68. The first-order valence-corrected chi connectivity index (χ1v) is 18.2. The SMILES string of the molecule is c1ccc(-c2ccccc2-c2c3ccccc3c(-c3ccccc3-c3ccc4c(c3)B3c5ccccc5Oc5cccc(c53)O4)c3ccccc23)cc1. The summed E-state index contributed by atoms with van der Waals surface area (Å²) in [6.45, 7) is 0.00707. The lowest BCUT2D eigenvalue weighted by atomic mass is 9.35. The van der Waals surface area contributed by atoms with Crippen LogP contribution in [-0.4, -0.2) is 6.71 Å². The van der Waals surface area contributed by atoms with E-state index in [1.54, 1.807) is 0 Å². The summed E-state index contributed by atoms with van der Waals surface area (Å²) in [5, 5.41) is 4.94. The molecule has 0 aliphatic carbocycles. The Morgan fingerprint density at radius 1 is 0.302 bits per heavy atom. The molecule has 11 rings (SSSR count). The molecule has 0 radical (unpaired) electrons. The van der Waals surface area contributed by atoms with Gasteiger partial charge in [-0.3, -0.25) is 0 Å². The van der Waals surface area contributed by atoms with Crippen LogP contribution in [0.4, 0.5) is 0 Å². The second kappa shape index (κ2) is 11.9. The molecule has 0 amide bonds. The molecule has 2 aliphatic heterocycles. The molecular weight excluding hydrogens is 643 g/mol. The fourth-order valence-electron chi connectivity index (χ4n) is 8.78. The predicted octanol–water partition coefficient (Wildman–Crippen LogP) is 11.4. The third-order valence-electron chi connectivity index (χ3n) is 11.0. The largest absolute Gasteiger partial charge is 0.458 e. The third-order valence-corrected chi connectivity index (χ3v) is 11.0. The highest BCUT2D eigenvalue weighted by Crippen LogP contribution is 2.48. The summed E-state index contributed by atoms with van der Waals surface area (Å²) in [4.78, 5) is 0. The molecule has 0 unspecified atom stereocenters. The van der Waals surface area contributed by atoms with Crippen LogP contribution < -0.4 is 25.9 Å². The van der Waals surface area contributed by atoms with Crippen LogP contribution in [-0.2, 0) is 0 Å². The van der Waals surface area contributed by atoms with Crippen molar-refractivity contribution in [1.29, 1.82) is 0 Å². The zero-order valence-corrected chi connectivity index (χ0v) is 28.8. The molecule has 0 fully saturated rings. The second-order valence-corrected chi connectivity index (χ2v) is 13.9. The number of para-hydroxylation sites is 1. The minimum atomic E-state index is 0.00707. The minimum Gasteiger partial charge on any atom is -0.458 e. The Balaban J connectivity index is 1.15. The van der Waals surface area contributed by atoms with E-state index in [9.17, 15) is 0 Å². The molecule has 0 N–H and O–H groups in total. The van der Waals surface area contributed by atoms with Gasteiger partial charge in [0.15, 0.2) is 0 Å². The van der Waals surface area contributed by atoms with Crippen LogP contribution in [0.15, 0.2) is 188 Å². The van der Waals surface area contributed by atoms with Gasteiger partial charge in [-0.25, -0.2) is 0 Å². The van der Waals surface area contributed by atoms with E-state index in [0.717, 1.165) is 44.9 Å². The number of hydrogen-bond acceptors (Lipinski definition) is 2. The van der Waals surface area contributed by atoms with Gasteiger partial charge in [0.2, 0.25) is 0 Å². The van der Waals surface area contributed by atoms with Crippen LogP contribution in [0.3, 0.4) is 0 Å². The number of fused-ring (bicyclic) bond motifs is 6. The van der Waals surface area contributed by atoms with Crippen LogP contribution >= 0.6 is 0 Å². The average Bonchev–Trinajstić information content (AvgIpc) is 3.23. The van der Waals surface area contributed by atoms with Crippen molar-refractivity contribution in [3.05, 3.63) is 188 Å². The van der Waals surface area contributed by atoms with Crippen molar-refractivity contribution in [3.8, 4) is 67.5 Å². The van der Waals surface area contributed by atoms with E-state index in [-0.39, 0.29) is 6.71 Å². The first kappa shape index (κ1) is 29.9. The maximum absolute atomic E-state index is 6.58. The molecule has 53 heavy (non-hydrogen) atoms. The maximum Gasteiger partial charge on any atom is 0.260 e. The number of ether oxygens (including phenoxy) is 2. The van der Waals surface area contributed by atoms with Gasteiger partial charge in [0.05, 0.1) is 0 Å². The molecule has 3 heteroatoms. The van der Waals surface area contributed by atoms with Gasteiger partial charge in [-0.2, -0.15) is 0 Å². The topological polar surface area (TPSA) is 18.5 Å². The molecular formula is C50H31BO2. The Bertz CT molecular complexity index is 2840. The lowest BCUT2D eigenvalue weighted by Crippen LogP contribution is -2.57. The van der Waals surface area contributed by atoms with Crippen LogP contribution in [0.1, 0.15) is 0 Å². The van der Waals surface area contributed by atoms with Gasteiger partial charge in [0, 0.05) is 5.46 Å². The fraction of sp³-hybridized carbons (Fsp3) is 0. The highest BCUT2D eigenvalue weighted by molar-refractivity contribution is 6.98. The van der Waals surface area contributed by atoms with Crippen molar-refractivity contribution < 1.29 is 9.47 Å². The standard InChI is InChI=1S/C50H31BO2/c1-2-15-32(16-3-1)34-17-4-6-19-36(34)48-38-21-8-10-23-40(38)49(41-24-11-9-22-39(41)48)37-20-7-5-18-35(37)33-29-30-45-43(31-33)51-42-25-12-13-26-44(42)52-46-27-14-28-47(53-45)50(46)51/h1-31H. The zero-order valence-electron chi connectivity index (χ0n) is 28.8. The van der Waals surface area contributed by atoms with E-state index in [4.69, 9.17) is 9.47 Å². The first-order valence-electron chi connectivity index (χ1n) is 18.2. The number of benzene rings is 9. The van der Waals surface area contributed by atoms with Crippen LogP contribution in [0.2, 0.25) is 0 Å². The molecule has 2 heterocycles. The maximum atomic E-state index is 6.58. The molecule has 0 spiro atoms. The molecule has 0 saturated heterocycles. The fourth-order valence-corrected chi connectivity index (χ4v) is 8.78. The van der Waals surface area contributed by atoms with Crippen LogP contribution in [0.5, 0.6) is 23.0 Å². The summed E-state index contributed by atoms with van der Waals surface area (Å²) in [5.74, 6) is 3.49. The van der Waals surface area contributed by atoms with Gasteiger partial charge >= 0.3 is 0 Å². The zero-order chi connectivity index (χ0) is 34.9. The Labute approximate surface area is 308 Å². The molecule has 0 saturated carbocycles. The Morgan fingerprint density at radius 3 is 1.36 bits per heavy atom. The summed E-state index contributed by atoms with van der Waals surface area (Å²) >= 11 is 0. The van der Waals surface area contributed by atoms with Crippen molar-refractivity contribution in [2.24, 2.45) is 0 Å². The number of hydrogen-bond donors (Lipinski definition) is 0. The van der Waals surface area contributed by atoms with Gasteiger partial charge < -0.3 is 9.47 Å². The monoisotopic (exact) mass is 674 g/mol. The van der Waals surface area contributed by atoms with Crippen LogP contribution in [0.25, 0.3) is 66.1 Å². The highest BCUT2D eigenvalue weighted by Gasteiger charge is 2.40. The lowest BCUT2D eigenvalue weighted by molar-refractivity contribution is 0.464.